The van der Waals surface area contributed by atoms with Crippen LogP contribution < -0.4 is 0 Å². The van der Waals surface area contributed by atoms with Crippen molar-refractivity contribution in [3.05, 3.63) is 47.5 Å². The maximum atomic E-state index is 9.88. The molecule has 2 saturated heterocycles. The molecule has 4 rings (SSSR count). The summed E-state index contributed by atoms with van der Waals surface area (Å²) in [5.41, 5.74) is 2.83. The van der Waals surface area contributed by atoms with E-state index >= 15 is 0 Å². The Morgan fingerprint density at radius 1 is 0.960 bits per heavy atom. The van der Waals surface area contributed by atoms with Gasteiger partial charge in [0.1, 0.15) is 0 Å². The Kier molecular flexibility index (Phi) is 5.07. The lowest BCUT2D eigenvalue weighted by atomic mass is 9.96. The molecule has 3 heteroatoms. The maximum absolute atomic E-state index is 9.88. The Morgan fingerprint density at radius 2 is 1.72 bits per heavy atom. The lowest BCUT2D eigenvalue weighted by molar-refractivity contribution is 0.175. The van der Waals surface area contributed by atoms with Gasteiger partial charge >= 0.3 is 0 Å². The first-order valence-electron chi connectivity index (χ1n) is 9.77. The third-order valence-electron chi connectivity index (χ3n) is 6.23. The molecular formula is C22H30N2O. The zero-order chi connectivity index (χ0) is 17.2. The molecule has 25 heavy (non-hydrogen) atoms. The van der Waals surface area contributed by atoms with Crippen molar-refractivity contribution in [1.82, 2.24) is 9.80 Å². The van der Waals surface area contributed by atoms with Crippen LogP contribution in [0.25, 0.3) is 10.8 Å². The smallest absolute Gasteiger partial charge is 0.0475 e. The number of hydrogen-bond acceptors (Lipinski definition) is 3. The highest BCUT2D eigenvalue weighted by Gasteiger charge is 2.34. The number of aliphatic hydroxyl groups is 1. The van der Waals surface area contributed by atoms with E-state index in [4.69, 9.17) is 0 Å². The van der Waals surface area contributed by atoms with Crippen molar-refractivity contribution in [2.24, 2.45) is 11.8 Å². The van der Waals surface area contributed by atoms with Gasteiger partial charge < -0.3 is 10.0 Å². The third kappa shape index (κ3) is 3.59. The van der Waals surface area contributed by atoms with Gasteiger partial charge in [0, 0.05) is 32.8 Å². The van der Waals surface area contributed by atoms with Crippen molar-refractivity contribution >= 4 is 10.8 Å². The Balaban J connectivity index is 1.50. The number of rotatable bonds is 5. The second kappa shape index (κ2) is 7.45. The summed E-state index contributed by atoms with van der Waals surface area (Å²) in [6.07, 6.45) is 2.69. The van der Waals surface area contributed by atoms with Crippen LogP contribution in [0.1, 0.15) is 24.0 Å². The number of aliphatic hydroxyl groups excluding tert-OH is 1. The molecule has 2 aliphatic rings. The summed E-state index contributed by atoms with van der Waals surface area (Å²) in [5, 5.41) is 12.6. The largest absolute Gasteiger partial charge is 0.396 e. The van der Waals surface area contributed by atoms with Crippen molar-refractivity contribution in [3.63, 3.8) is 0 Å². The quantitative estimate of drug-likeness (QED) is 0.906. The molecule has 2 aromatic rings. The first kappa shape index (κ1) is 17.0. The summed E-state index contributed by atoms with van der Waals surface area (Å²) >= 11 is 0. The van der Waals surface area contributed by atoms with Crippen LogP contribution in [-0.4, -0.2) is 54.2 Å². The molecule has 0 radical (unpaired) electrons. The highest BCUT2D eigenvalue weighted by molar-refractivity contribution is 5.86. The Hall–Kier alpha value is -1.42. The van der Waals surface area contributed by atoms with Gasteiger partial charge in [0.25, 0.3) is 0 Å². The number of fused-ring (bicyclic) bond motifs is 1. The molecule has 0 saturated carbocycles. The number of hydrogen-bond donors (Lipinski definition) is 1. The van der Waals surface area contributed by atoms with Gasteiger partial charge in [0.15, 0.2) is 0 Å². The van der Waals surface area contributed by atoms with Gasteiger partial charge in [0.05, 0.1) is 0 Å². The van der Waals surface area contributed by atoms with Gasteiger partial charge in [-0.05, 0) is 66.6 Å². The number of benzene rings is 2. The van der Waals surface area contributed by atoms with Crippen molar-refractivity contribution in [1.29, 1.82) is 0 Å². The normalized spacial score (nSPS) is 25.2. The highest BCUT2D eigenvalue weighted by Crippen LogP contribution is 2.29. The predicted octanol–water partition coefficient (Wildman–Crippen LogP) is 3.28. The van der Waals surface area contributed by atoms with Crippen molar-refractivity contribution in [3.8, 4) is 0 Å². The van der Waals surface area contributed by atoms with Crippen molar-refractivity contribution < 1.29 is 5.11 Å². The summed E-state index contributed by atoms with van der Waals surface area (Å²) < 4.78 is 0. The van der Waals surface area contributed by atoms with Gasteiger partial charge in [-0.2, -0.15) is 0 Å². The Bertz CT molecular complexity index is 723. The molecule has 2 fully saturated rings. The Morgan fingerprint density at radius 3 is 2.52 bits per heavy atom. The van der Waals surface area contributed by atoms with Crippen LogP contribution in [0.4, 0.5) is 0 Å². The molecule has 2 aromatic carbocycles. The van der Waals surface area contributed by atoms with Crippen LogP contribution in [0.15, 0.2) is 36.4 Å². The standard InChI is InChI=1S/C22H30N2O/c1-17-8-9-18-6-2-3-7-21(18)22(17)15-24-13-19(20(14-24)16-25)12-23-10-4-5-11-23/h2-3,6-9,19-20,25H,4-5,10-16H2,1H3/t19-,20-/m1/s1. The first-order valence-corrected chi connectivity index (χ1v) is 9.77. The monoisotopic (exact) mass is 338 g/mol. The molecule has 134 valence electrons. The van der Waals surface area contributed by atoms with Crippen LogP contribution in [0, 0.1) is 18.8 Å². The van der Waals surface area contributed by atoms with Crippen LogP contribution in [-0.2, 0) is 6.54 Å². The van der Waals surface area contributed by atoms with E-state index in [0.29, 0.717) is 18.4 Å². The van der Waals surface area contributed by atoms with Gasteiger partial charge in [0.2, 0.25) is 0 Å². The number of aryl methyl sites for hydroxylation is 1. The fraction of sp³-hybridized carbons (Fsp3) is 0.545. The SMILES string of the molecule is Cc1ccc2ccccc2c1CN1C[C@@H](CN2CCCC2)[C@@H](CO)C1. The van der Waals surface area contributed by atoms with E-state index in [-0.39, 0.29) is 0 Å². The molecule has 0 unspecified atom stereocenters. The minimum absolute atomic E-state index is 0.323. The van der Waals surface area contributed by atoms with Gasteiger partial charge in [-0.1, -0.05) is 36.4 Å². The molecular weight excluding hydrogens is 308 g/mol. The summed E-state index contributed by atoms with van der Waals surface area (Å²) in [5.74, 6) is 1.04. The molecule has 0 amide bonds. The van der Waals surface area contributed by atoms with E-state index < -0.39 is 0 Å². The third-order valence-corrected chi connectivity index (χ3v) is 6.23. The predicted molar refractivity (Wildman–Crippen MR) is 104 cm³/mol. The van der Waals surface area contributed by atoms with Crippen LogP contribution in [0.3, 0.4) is 0 Å². The summed E-state index contributed by atoms with van der Waals surface area (Å²) in [6.45, 7) is 9.35. The summed E-state index contributed by atoms with van der Waals surface area (Å²) in [4.78, 5) is 5.16. The highest BCUT2D eigenvalue weighted by atomic mass is 16.3. The molecule has 3 nitrogen and oxygen atoms in total. The molecule has 0 bridgehead atoms. The summed E-state index contributed by atoms with van der Waals surface area (Å²) in [7, 11) is 0. The molecule has 0 spiro atoms. The first-order chi connectivity index (χ1) is 12.2. The summed E-state index contributed by atoms with van der Waals surface area (Å²) in [6, 6.07) is 13.2. The number of likely N-dealkylation sites (tertiary alicyclic amines) is 2. The average molecular weight is 338 g/mol. The maximum Gasteiger partial charge on any atom is 0.0475 e. The zero-order valence-electron chi connectivity index (χ0n) is 15.3. The van der Waals surface area contributed by atoms with Gasteiger partial charge in [-0.25, -0.2) is 0 Å². The van der Waals surface area contributed by atoms with E-state index in [1.54, 1.807) is 0 Å². The second-order valence-corrected chi connectivity index (χ2v) is 7.99. The molecule has 0 aliphatic carbocycles. The average Bonchev–Trinajstić information content (AvgIpc) is 3.27. The molecule has 2 atom stereocenters. The van der Waals surface area contributed by atoms with E-state index in [1.807, 2.05) is 0 Å². The van der Waals surface area contributed by atoms with Crippen molar-refractivity contribution in [2.75, 3.05) is 39.3 Å². The lowest BCUT2D eigenvalue weighted by Gasteiger charge is -2.23. The van der Waals surface area contributed by atoms with Crippen LogP contribution in [0.2, 0.25) is 0 Å². The van der Waals surface area contributed by atoms with Crippen LogP contribution >= 0.6 is 0 Å². The second-order valence-electron chi connectivity index (χ2n) is 7.99. The van der Waals surface area contributed by atoms with Gasteiger partial charge in [-0.15, -0.1) is 0 Å². The fourth-order valence-corrected chi connectivity index (χ4v) is 4.75. The van der Waals surface area contributed by atoms with E-state index in [9.17, 15) is 5.11 Å². The van der Waals surface area contributed by atoms with Crippen molar-refractivity contribution in [2.45, 2.75) is 26.3 Å². The van der Waals surface area contributed by atoms with Gasteiger partial charge in [-0.3, -0.25) is 4.90 Å². The Labute approximate surface area is 151 Å². The zero-order valence-corrected chi connectivity index (χ0v) is 15.3. The molecule has 2 aliphatic heterocycles. The topological polar surface area (TPSA) is 26.7 Å². The molecule has 0 aromatic heterocycles. The van der Waals surface area contributed by atoms with E-state index in [1.165, 1.54) is 47.8 Å². The minimum Gasteiger partial charge on any atom is -0.396 e. The lowest BCUT2D eigenvalue weighted by Crippen LogP contribution is -2.31. The molecule has 1 N–H and O–H groups in total. The minimum atomic E-state index is 0.323. The molecule has 2 heterocycles. The fourth-order valence-electron chi connectivity index (χ4n) is 4.75. The van der Waals surface area contributed by atoms with E-state index in [0.717, 1.165) is 26.2 Å². The number of nitrogens with zero attached hydrogens (tertiary/aromatic N) is 2. The van der Waals surface area contributed by atoms with E-state index in [2.05, 4.69) is 53.1 Å². The van der Waals surface area contributed by atoms with Crippen LogP contribution in [0.5, 0.6) is 0 Å².